The number of hydrogen-bond acceptors (Lipinski definition) is 3. The number of benzene rings is 1. The molecule has 0 aliphatic heterocycles. The van der Waals surface area contributed by atoms with E-state index in [9.17, 15) is 0 Å². The van der Waals surface area contributed by atoms with Crippen molar-refractivity contribution in [1.29, 1.82) is 0 Å². The Balaban J connectivity index is 0.00000261. The van der Waals surface area contributed by atoms with Crippen LogP contribution >= 0.6 is 24.0 Å². The Bertz CT molecular complexity index is 859. The van der Waals surface area contributed by atoms with Crippen molar-refractivity contribution in [2.24, 2.45) is 4.99 Å². The van der Waals surface area contributed by atoms with E-state index >= 15 is 0 Å². The summed E-state index contributed by atoms with van der Waals surface area (Å²) in [5.41, 5.74) is 3.22. The molecule has 7 heteroatoms. The zero-order chi connectivity index (χ0) is 18.2. The molecule has 3 rings (SSSR count). The van der Waals surface area contributed by atoms with E-state index in [1.807, 2.05) is 24.3 Å². The van der Waals surface area contributed by atoms with Crippen LogP contribution in [-0.2, 0) is 13.1 Å². The first-order valence-electron chi connectivity index (χ1n) is 9.12. The van der Waals surface area contributed by atoms with Crippen LogP contribution in [0.2, 0.25) is 0 Å². The van der Waals surface area contributed by atoms with Gasteiger partial charge >= 0.3 is 0 Å². The van der Waals surface area contributed by atoms with Gasteiger partial charge in [0.1, 0.15) is 5.82 Å². The van der Waals surface area contributed by atoms with Crippen molar-refractivity contribution in [2.75, 3.05) is 13.1 Å². The summed E-state index contributed by atoms with van der Waals surface area (Å²) in [7, 11) is 0. The molecule has 2 aromatic heterocycles. The highest BCUT2D eigenvalue weighted by Gasteiger charge is 2.06. The van der Waals surface area contributed by atoms with E-state index in [4.69, 9.17) is 0 Å². The van der Waals surface area contributed by atoms with Crippen LogP contribution in [0.4, 0.5) is 0 Å². The largest absolute Gasteiger partial charge is 0.357 e. The number of hydrogen-bond donors (Lipinski definition) is 2. The second-order valence-electron chi connectivity index (χ2n) is 6.10. The minimum absolute atomic E-state index is 0. The molecule has 0 saturated heterocycles. The predicted molar refractivity (Wildman–Crippen MR) is 122 cm³/mol. The number of aliphatic imine (C=N–C) groups is 1. The molecular weight excluding hydrogens is 451 g/mol. The van der Waals surface area contributed by atoms with Crippen LogP contribution in [0.5, 0.6) is 0 Å². The van der Waals surface area contributed by atoms with Crippen LogP contribution < -0.4 is 10.6 Å². The van der Waals surface area contributed by atoms with E-state index in [-0.39, 0.29) is 24.0 Å². The lowest BCUT2D eigenvalue weighted by molar-refractivity contribution is 0.624. The maximum atomic E-state index is 4.62. The number of nitrogens with zero attached hydrogens (tertiary/aromatic N) is 4. The minimum Gasteiger partial charge on any atom is -0.357 e. The standard InChI is InChI=1S/C20H26N6.HI/c1-3-21-20(24-15-17-9-6-7-12-22-17)23-13-8-14-26-16(2)25-18-10-4-5-11-19(18)26;/h4-7,9-12H,3,8,13-15H2,1-2H3,(H2,21,23,24);1H. The van der Waals surface area contributed by atoms with Gasteiger partial charge in [0.05, 0.1) is 23.3 Å². The average molecular weight is 478 g/mol. The van der Waals surface area contributed by atoms with Crippen molar-refractivity contribution >= 4 is 41.0 Å². The van der Waals surface area contributed by atoms with Crippen LogP contribution in [0.15, 0.2) is 53.7 Å². The molecular formula is C20H27IN6. The normalized spacial score (nSPS) is 11.3. The molecule has 27 heavy (non-hydrogen) atoms. The Labute approximate surface area is 177 Å². The molecule has 0 spiro atoms. The Morgan fingerprint density at radius 3 is 2.70 bits per heavy atom. The zero-order valence-electron chi connectivity index (χ0n) is 15.9. The molecule has 2 N–H and O–H groups in total. The predicted octanol–water partition coefficient (Wildman–Crippen LogP) is 3.50. The highest BCUT2D eigenvalue weighted by molar-refractivity contribution is 14.0. The molecule has 3 aromatic rings. The SMILES string of the molecule is CCNC(=NCc1ccccn1)NCCCn1c(C)nc2ccccc21.I. The lowest BCUT2D eigenvalue weighted by Gasteiger charge is -2.12. The number of halogens is 1. The molecule has 0 bridgehead atoms. The molecule has 6 nitrogen and oxygen atoms in total. The van der Waals surface area contributed by atoms with E-state index in [2.05, 4.69) is 62.2 Å². The number of fused-ring (bicyclic) bond motifs is 1. The lowest BCUT2D eigenvalue weighted by Crippen LogP contribution is -2.38. The third kappa shape index (κ3) is 5.92. The fourth-order valence-electron chi connectivity index (χ4n) is 2.92. The van der Waals surface area contributed by atoms with Crippen molar-refractivity contribution in [3.05, 3.63) is 60.2 Å². The summed E-state index contributed by atoms with van der Waals surface area (Å²) in [4.78, 5) is 13.5. The van der Waals surface area contributed by atoms with E-state index in [1.165, 1.54) is 5.52 Å². The first kappa shape index (κ1) is 21.1. The van der Waals surface area contributed by atoms with Crippen molar-refractivity contribution in [3.8, 4) is 0 Å². The first-order valence-corrected chi connectivity index (χ1v) is 9.12. The summed E-state index contributed by atoms with van der Waals surface area (Å²) < 4.78 is 2.27. The van der Waals surface area contributed by atoms with Gasteiger partial charge in [0.15, 0.2) is 5.96 Å². The van der Waals surface area contributed by atoms with Crippen LogP contribution in [0.25, 0.3) is 11.0 Å². The fraction of sp³-hybridized carbons (Fsp3) is 0.350. The van der Waals surface area contributed by atoms with Crippen molar-refractivity contribution in [1.82, 2.24) is 25.2 Å². The fourth-order valence-corrected chi connectivity index (χ4v) is 2.92. The summed E-state index contributed by atoms with van der Waals surface area (Å²) >= 11 is 0. The van der Waals surface area contributed by atoms with Gasteiger partial charge in [0.25, 0.3) is 0 Å². The maximum absolute atomic E-state index is 4.62. The molecule has 0 unspecified atom stereocenters. The monoisotopic (exact) mass is 478 g/mol. The van der Waals surface area contributed by atoms with E-state index in [0.717, 1.165) is 49.0 Å². The molecule has 2 heterocycles. The van der Waals surface area contributed by atoms with Gasteiger partial charge in [-0.25, -0.2) is 9.98 Å². The summed E-state index contributed by atoms with van der Waals surface area (Å²) in [6.45, 7) is 7.31. The Morgan fingerprint density at radius 1 is 1.11 bits per heavy atom. The number of imidazole rings is 1. The second-order valence-corrected chi connectivity index (χ2v) is 6.10. The van der Waals surface area contributed by atoms with Crippen LogP contribution in [0.3, 0.4) is 0 Å². The van der Waals surface area contributed by atoms with E-state index < -0.39 is 0 Å². The van der Waals surface area contributed by atoms with Gasteiger partial charge in [-0.3, -0.25) is 4.98 Å². The van der Waals surface area contributed by atoms with E-state index in [1.54, 1.807) is 6.20 Å². The molecule has 144 valence electrons. The smallest absolute Gasteiger partial charge is 0.191 e. The van der Waals surface area contributed by atoms with Gasteiger partial charge in [0, 0.05) is 25.8 Å². The summed E-state index contributed by atoms with van der Waals surface area (Å²) in [5.74, 6) is 1.88. The van der Waals surface area contributed by atoms with Gasteiger partial charge in [-0.15, -0.1) is 24.0 Å². The summed E-state index contributed by atoms with van der Waals surface area (Å²) in [6, 6.07) is 14.2. The van der Waals surface area contributed by atoms with Gasteiger partial charge in [-0.1, -0.05) is 18.2 Å². The molecule has 0 aliphatic rings. The maximum Gasteiger partial charge on any atom is 0.191 e. The molecule has 0 saturated carbocycles. The van der Waals surface area contributed by atoms with Crippen molar-refractivity contribution < 1.29 is 0 Å². The Hall–Kier alpha value is -2.16. The quantitative estimate of drug-likeness (QED) is 0.236. The van der Waals surface area contributed by atoms with Crippen LogP contribution in [-0.4, -0.2) is 33.6 Å². The molecule has 0 fully saturated rings. The molecule has 0 aliphatic carbocycles. The van der Waals surface area contributed by atoms with Crippen molar-refractivity contribution in [3.63, 3.8) is 0 Å². The third-order valence-corrected chi connectivity index (χ3v) is 4.17. The van der Waals surface area contributed by atoms with Gasteiger partial charge < -0.3 is 15.2 Å². The number of nitrogens with one attached hydrogen (secondary N) is 2. The second kappa shape index (κ2) is 10.9. The van der Waals surface area contributed by atoms with E-state index in [0.29, 0.717) is 6.54 Å². The van der Waals surface area contributed by atoms with Crippen molar-refractivity contribution in [2.45, 2.75) is 33.4 Å². The number of guanidine groups is 1. The Kier molecular flexibility index (Phi) is 8.50. The minimum atomic E-state index is 0. The number of pyridine rings is 1. The molecule has 0 amide bonds. The summed E-state index contributed by atoms with van der Waals surface area (Å²) in [5, 5.41) is 6.68. The van der Waals surface area contributed by atoms with Crippen LogP contribution in [0.1, 0.15) is 24.9 Å². The molecule has 0 radical (unpaired) electrons. The average Bonchev–Trinajstić information content (AvgIpc) is 2.99. The molecule has 0 atom stereocenters. The first-order chi connectivity index (χ1) is 12.8. The number of para-hydroxylation sites is 2. The van der Waals surface area contributed by atoms with Gasteiger partial charge in [0.2, 0.25) is 0 Å². The number of rotatable bonds is 7. The van der Waals surface area contributed by atoms with Gasteiger partial charge in [-0.2, -0.15) is 0 Å². The van der Waals surface area contributed by atoms with Gasteiger partial charge in [-0.05, 0) is 44.5 Å². The number of aromatic nitrogens is 3. The zero-order valence-corrected chi connectivity index (χ0v) is 18.2. The number of aryl methyl sites for hydroxylation is 2. The highest BCUT2D eigenvalue weighted by Crippen LogP contribution is 2.15. The topological polar surface area (TPSA) is 67.1 Å². The lowest BCUT2D eigenvalue weighted by atomic mass is 10.3. The third-order valence-electron chi connectivity index (χ3n) is 4.17. The Morgan fingerprint density at radius 2 is 1.93 bits per heavy atom. The highest BCUT2D eigenvalue weighted by atomic mass is 127. The van der Waals surface area contributed by atoms with Crippen LogP contribution in [0, 0.1) is 6.92 Å². The summed E-state index contributed by atoms with van der Waals surface area (Å²) in [6.07, 6.45) is 2.79. The molecule has 1 aromatic carbocycles.